The summed E-state index contributed by atoms with van der Waals surface area (Å²) in [5, 5.41) is 3.18. The zero-order chi connectivity index (χ0) is 28.2. The van der Waals surface area contributed by atoms with Gasteiger partial charge in [-0.15, -0.1) is 0 Å². The number of nitrogens with one attached hydrogen (secondary N) is 1. The van der Waals surface area contributed by atoms with Crippen LogP contribution in [0, 0.1) is 11.8 Å². The summed E-state index contributed by atoms with van der Waals surface area (Å²) in [6, 6.07) is 17.2. The van der Waals surface area contributed by atoms with Gasteiger partial charge in [0.15, 0.2) is 0 Å². The van der Waals surface area contributed by atoms with Crippen LogP contribution in [0.5, 0.6) is 0 Å². The number of ether oxygens (including phenoxy) is 2. The molecule has 1 saturated carbocycles. The molecule has 2 aromatic rings. The molecule has 4 atom stereocenters. The summed E-state index contributed by atoms with van der Waals surface area (Å²) in [7, 11) is 1.35. The molecule has 1 aliphatic carbocycles. The minimum atomic E-state index is -0.895. The smallest absolute Gasteiger partial charge is 0.409 e. The van der Waals surface area contributed by atoms with Crippen molar-refractivity contribution < 1.29 is 28.7 Å². The van der Waals surface area contributed by atoms with Crippen LogP contribution in [0.3, 0.4) is 0 Å². The SMILES string of the molecule is CCOC(=O)N1CCC(NC(=O)C2C(c3ccccc3)C(C(=O)OC)C(c3ccccc3)N2C(=O)C2CC2)CC1. The first kappa shape index (κ1) is 27.7. The normalized spacial score (nSPS) is 24.9. The zero-order valence-electron chi connectivity index (χ0n) is 23.0. The molecule has 2 saturated heterocycles. The number of hydrogen-bond donors (Lipinski definition) is 1. The van der Waals surface area contributed by atoms with Crippen molar-refractivity contribution in [3.05, 3.63) is 71.8 Å². The second-order valence-corrected chi connectivity index (χ2v) is 10.8. The molecule has 9 nitrogen and oxygen atoms in total. The molecule has 3 fully saturated rings. The van der Waals surface area contributed by atoms with Gasteiger partial charge in [0.25, 0.3) is 0 Å². The van der Waals surface area contributed by atoms with Gasteiger partial charge in [0.1, 0.15) is 6.04 Å². The number of hydrogen-bond acceptors (Lipinski definition) is 6. The minimum Gasteiger partial charge on any atom is -0.469 e. The molecule has 2 heterocycles. The minimum absolute atomic E-state index is 0.0986. The lowest BCUT2D eigenvalue weighted by atomic mass is 9.79. The average molecular weight is 548 g/mol. The molecular weight excluding hydrogens is 510 g/mol. The molecule has 5 rings (SSSR count). The van der Waals surface area contributed by atoms with Crippen molar-refractivity contribution in [2.24, 2.45) is 11.8 Å². The number of piperidine rings is 1. The lowest BCUT2D eigenvalue weighted by Crippen LogP contribution is -2.53. The Balaban J connectivity index is 1.51. The molecule has 4 unspecified atom stereocenters. The third kappa shape index (κ3) is 5.55. The molecule has 0 bridgehead atoms. The average Bonchev–Trinajstić information content (AvgIpc) is 3.78. The van der Waals surface area contributed by atoms with Crippen molar-refractivity contribution in [1.29, 1.82) is 0 Å². The zero-order valence-corrected chi connectivity index (χ0v) is 23.0. The quantitative estimate of drug-likeness (QED) is 0.531. The van der Waals surface area contributed by atoms with E-state index in [1.807, 2.05) is 60.7 Å². The fourth-order valence-corrected chi connectivity index (χ4v) is 6.22. The summed E-state index contributed by atoms with van der Waals surface area (Å²) < 4.78 is 10.4. The number of amides is 3. The standard InChI is InChI=1S/C31H37N3O6/c1-3-40-31(38)33-18-16-23(17-19-33)32-28(35)27-24(20-10-6-4-7-11-20)25(30(37)39-2)26(21-12-8-5-9-13-21)34(27)29(36)22-14-15-22/h4-13,22-27H,3,14-19H2,1-2H3,(H,32,35). The molecule has 212 valence electrons. The van der Waals surface area contributed by atoms with Gasteiger partial charge in [-0.1, -0.05) is 60.7 Å². The Kier molecular flexibility index (Phi) is 8.38. The van der Waals surface area contributed by atoms with Crippen LogP contribution < -0.4 is 5.32 Å². The maximum Gasteiger partial charge on any atom is 0.409 e. The fourth-order valence-electron chi connectivity index (χ4n) is 6.22. The maximum absolute atomic E-state index is 14.2. The maximum atomic E-state index is 14.2. The second-order valence-electron chi connectivity index (χ2n) is 10.8. The van der Waals surface area contributed by atoms with Crippen LogP contribution >= 0.6 is 0 Å². The molecule has 0 spiro atoms. The molecular formula is C31H37N3O6. The highest BCUT2D eigenvalue weighted by molar-refractivity contribution is 5.94. The number of carbonyl (C=O) groups is 4. The van der Waals surface area contributed by atoms with E-state index in [-0.39, 0.29) is 29.9 Å². The fraction of sp³-hybridized carbons (Fsp3) is 0.484. The Bertz CT molecular complexity index is 1210. The van der Waals surface area contributed by atoms with Crippen molar-refractivity contribution >= 4 is 23.9 Å². The third-order valence-electron chi connectivity index (χ3n) is 8.28. The molecule has 0 radical (unpaired) electrons. The second kappa shape index (κ2) is 12.1. The van der Waals surface area contributed by atoms with Gasteiger partial charge in [-0.3, -0.25) is 14.4 Å². The molecule has 2 aromatic carbocycles. The topological polar surface area (TPSA) is 105 Å². The van der Waals surface area contributed by atoms with E-state index >= 15 is 0 Å². The Morgan fingerprint density at radius 1 is 0.875 bits per heavy atom. The van der Waals surface area contributed by atoms with Gasteiger partial charge >= 0.3 is 12.1 Å². The summed E-state index contributed by atoms with van der Waals surface area (Å²) in [6.07, 6.45) is 2.35. The monoisotopic (exact) mass is 547 g/mol. The molecule has 0 aromatic heterocycles. The van der Waals surface area contributed by atoms with Gasteiger partial charge in [-0.25, -0.2) is 4.79 Å². The first-order valence-electron chi connectivity index (χ1n) is 14.2. The summed E-state index contributed by atoms with van der Waals surface area (Å²) >= 11 is 0. The highest BCUT2D eigenvalue weighted by Crippen LogP contribution is 2.52. The summed E-state index contributed by atoms with van der Waals surface area (Å²) in [5.41, 5.74) is 1.60. The molecule has 3 aliphatic rings. The Morgan fingerprint density at radius 3 is 2.02 bits per heavy atom. The largest absolute Gasteiger partial charge is 0.469 e. The van der Waals surface area contributed by atoms with Gasteiger partial charge in [-0.2, -0.15) is 0 Å². The van der Waals surface area contributed by atoms with Crippen molar-refractivity contribution in [2.75, 3.05) is 26.8 Å². The van der Waals surface area contributed by atoms with Crippen LogP contribution in [0.1, 0.15) is 55.7 Å². The predicted molar refractivity (Wildman–Crippen MR) is 147 cm³/mol. The predicted octanol–water partition coefficient (Wildman–Crippen LogP) is 3.66. The molecule has 40 heavy (non-hydrogen) atoms. The van der Waals surface area contributed by atoms with E-state index in [2.05, 4.69) is 5.32 Å². The first-order valence-corrected chi connectivity index (χ1v) is 14.2. The van der Waals surface area contributed by atoms with Gasteiger partial charge < -0.3 is 24.6 Å². The number of methoxy groups -OCH3 is 1. The van der Waals surface area contributed by atoms with Crippen LogP contribution in [-0.4, -0.2) is 72.6 Å². The number of carbonyl (C=O) groups excluding carboxylic acids is 4. The number of likely N-dealkylation sites (tertiary alicyclic amines) is 2. The van der Waals surface area contributed by atoms with Crippen LogP contribution in [0.25, 0.3) is 0 Å². The highest BCUT2D eigenvalue weighted by atomic mass is 16.6. The van der Waals surface area contributed by atoms with Crippen molar-refractivity contribution in [3.63, 3.8) is 0 Å². The first-order chi connectivity index (χ1) is 19.4. The Hall–Kier alpha value is -3.88. The van der Waals surface area contributed by atoms with E-state index in [0.29, 0.717) is 32.5 Å². The van der Waals surface area contributed by atoms with Crippen molar-refractivity contribution in [2.45, 2.75) is 56.7 Å². The van der Waals surface area contributed by atoms with E-state index < -0.39 is 29.9 Å². The van der Waals surface area contributed by atoms with E-state index in [9.17, 15) is 19.2 Å². The Morgan fingerprint density at radius 2 is 1.48 bits per heavy atom. The molecule has 3 amide bonds. The summed E-state index contributed by atoms with van der Waals surface area (Å²) in [5.74, 6) is -2.35. The molecule has 1 N–H and O–H groups in total. The van der Waals surface area contributed by atoms with Gasteiger partial charge in [0.2, 0.25) is 11.8 Å². The van der Waals surface area contributed by atoms with Crippen molar-refractivity contribution in [3.8, 4) is 0 Å². The highest BCUT2D eigenvalue weighted by Gasteiger charge is 2.59. The van der Waals surface area contributed by atoms with E-state index in [4.69, 9.17) is 9.47 Å². The van der Waals surface area contributed by atoms with Crippen LogP contribution in [0.15, 0.2) is 60.7 Å². The van der Waals surface area contributed by atoms with Crippen molar-refractivity contribution in [1.82, 2.24) is 15.1 Å². The van der Waals surface area contributed by atoms with Crippen LogP contribution in [0.2, 0.25) is 0 Å². The van der Waals surface area contributed by atoms with Gasteiger partial charge in [0, 0.05) is 31.0 Å². The van der Waals surface area contributed by atoms with Gasteiger partial charge in [-0.05, 0) is 43.7 Å². The van der Waals surface area contributed by atoms with Gasteiger partial charge in [0.05, 0.1) is 25.7 Å². The molecule has 2 aliphatic heterocycles. The van der Waals surface area contributed by atoms with E-state index in [1.54, 1.807) is 16.7 Å². The lowest BCUT2D eigenvalue weighted by molar-refractivity contribution is -0.148. The number of esters is 1. The summed E-state index contributed by atoms with van der Waals surface area (Å²) in [4.78, 5) is 57.2. The third-order valence-corrected chi connectivity index (χ3v) is 8.28. The van der Waals surface area contributed by atoms with Crippen LogP contribution in [0.4, 0.5) is 4.79 Å². The Labute approximate surface area is 234 Å². The summed E-state index contributed by atoms with van der Waals surface area (Å²) in [6.45, 7) is 3.03. The number of nitrogens with zero attached hydrogens (tertiary/aromatic N) is 2. The van der Waals surface area contributed by atoms with E-state index in [0.717, 1.165) is 24.0 Å². The van der Waals surface area contributed by atoms with Crippen LogP contribution in [-0.2, 0) is 23.9 Å². The van der Waals surface area contributed by atoms with E-state index in [1.165, 1.54) is 7.11 Å². The number of benzene rings is 2. The lowest BCUT2D eigenvalue weighted by Gasteiger charge is -2.35. The molecule has 9 heteroatoms. The number of rotatable bonds is 7.